The molecule has 0 radical (unpaired) electrons. The van der Waals surface area contributed by atoms with E-state index in [0.717, 1.165) is 37.1 Å². The largest absolute Gasteiger partial charge is 0.493 e. The van der Waals surface area contributed by atoms with Gasteiger partial charge in [-0.05, 0) is 38.8 Å². The van der Waals surface area contributed by atoms with Gasteiger partial charge in [0.25, 0.3) is 0 Å². The number of methoxy groups -OCH3 is 1. The molecule has 2 N–H and O–H groups in total. The maximum absolute atomic E-state index is 8.72. The monoisotopic (exact) mass is 337 g/mol. The highest BCUT2D eigenvalue weighted by atomic mass is 35.5. The predicted octanol–water partition coefficient (Wildman–Crippen LogP) is 3.42. The van der Waals surface area contributed by atoms with Crippen molar-refractivity contribution in [3.8, 4) is 11.5 Å². The van der Waals surface area contributed by atoms with Crippen LogP contribution >= 0.6 is 24.0 Å². The molecule has 0 heterocycles. The van der Waals surface area contributed by atoms with Crippen molar-refractivity contribution in [1.82, 2.24) is 5.32 Å². The molecule has 1 aromatic rings. The zero-order chi connectivity index (χ0) is 14.8. The highest BCUT2D eigenvalue weighted by molar-refractivity contribution is 6.30. The molecule has 122 valence electrons. The Kier molecular flexibility index (Phi) is 11.5. The molecule has 0 spiro atoms. The summed E-state index contributed by atoms with van der Waals surface area (Å²) in [5.41, 5.74) is 0.998. The Morgan fingerprint density at radius 2 is 2.00 bits per heavy atom. The molecule has 0 saturated carbocycles. The van der Waals surface area contributed by atoms with Gasteiger partial charge >= 0.3 is 0 Å². The second-order valence-electron chi connectivity index (χ2n) is 4.49. The first-order valence-electron chi connectivity index (χ1n) is 7.03. The van der Waals surface area contributed by atoms with E-state index in [9.17, 15) is 0 Å². The van der Waals surface area contributed by atoms with Gasteiger partial charge in [0.15, 0.2) is 11.5 Å². The van der Waals surface area contributed by atoms with E-state index < -0.39 is 0 Å². The van der Waals surface area contributed by atoms with Gasteiger partial charge in [-0.15, -0.1) is 12.4 Å². The Hall–Kier alpha value is -0.680. The van der Waals surface area contributed by atoms with Gasteiger partial charge in [0.05, 0.1) is 13.7 Å². The van der Waals surface area contributed by atoms with E-state index >= 15 is 0 Å². The van der Waals surface area contributed by atoms with Crippen molar-refractivity contribution in [3.63, 3.8) is 0 Å². The fraction of sp³-hybridized carbons (Fsp3) is 0.600. The third kappa shape index (κ3) is 7.23. The van der Waals surface area contributed by atoms with Gasteiger partial charge in [-0.3, -0.25) is 0 Å². The van der Waals surface area contributed by atoms with Crippen LogP contribution in [0.3, 0.4) is 0 Å². The Morgan fingerprint density at radius 1 is 1.24 bits per heavy atom. The van der Waals surface area contributed by atoms with Crippen molar-refractivity contribution < 1.29 is 14.6 Å². The molecule has 4 nitrogen and oxygen atoms in total. The maximum atomic E-state index is 8.72. The van der Waals surface area contributed by atoms with Crippen molar-refractivity contribution in [2.75, 3.05) is 26.9 Å². The van der Waals surface area contributed by atoms with Gasteiger partial charge < -0.3 is 19.9 Å². The number of ether oxygens (including phenoxy) is 2. The molecule has 0 bridgehead atoms. The molecule has 21 heavy (non-hydrogen) atoms. The molecule has 0 aliphatic rings. The molecule has 6 heteroatoms. The first-order chi connectivity index (χ1) is 9.72. The zero-order valence-electron chi connectivity index (χ0n) is 12.7. The molecular formula is C15H25Cl2NO3. The summed E-state index contributed by atoms with van der Waals surface area (Å²) in [6, 6.07) is 3.66. The Bertz CT molecular complexity index is 403. The lowest BCUT2D eigenvalue weighted by Crippen LogP contribution is -2.16. The first-order valence-corrected chi connectivity index (χ1v) is 7.41. The SMILES string of the molecule is CCOc1c(CNCCCCCO)cc(Cl)cc1OC.Cl. The first kappa shape index (κ1) is 20.3. The van der Waals surface area contributed by atoms with Crippen LogP contribution in [0.5, 0.6) is 11.5 Å². The molecule has 1 rings (SSSR count). The lowest BCUT2D eigenvalue weighted by Gasteiger charge is -2.15. The quantitative estimate of drug-likeness (QED) is 0.642. The predicted molar refractivity (Wildman–Crippen MR) is 89.1 cm³/mol. The lowest BCUT2D eigenvalue weighted by molar-refractivity contribution is 0.282. The average molecular weight is 338 g/mol. The van der Waals surface area contributed by atoms with Crippen LogP contribution in [-0.2, 0) is 6.54 Å². The number of aliphatic hydroxyl groups excluding tert-OH is 1. The second kappa shape index (κ2) is 11.9. The average Bonchev–Trinajstić information content (AvgIpc) is 2.45. The van der Waals surface area contributed by atoms with Crippen molar-refractivity contribution in [1.29, 1.82) is 0 Å². The highest BCUT2D eigenvalue weighted by Crippen LogP contribution is 2.34. The van der Waals surface area contributed by atoms with Gasteiger partial charge in [-0.2, -0.15) is 0 Å². The van der Waals surface area contributed by atoms with Gasteiger partial charge in [0.1, 0.15) is 0 Å². The number of unbranched alkanes of at least 4 members (excludes halogenated alkanes) is 2. The topological polar surface area (TPSA) is 50.7 Å². The van der Waals surface area contributed by atoms with Crippen LogP contribution in [0.15, 0.2) is 12.1 Å². The van der Waals surface area contributed by atoms with E-state index in [1.165, 1.54) is 0 Å². The molecule has 0 amide bonds. The fourth-order valence-electron chi connectivity index (χ4n) is 1.98. The molecule has 1 aromatic carbocycles. The molecule has 0 atom stereocenters. The third-order valence-electron chi connectivity index (χ3n) is 2.93. The number of hydrogen-bond donors (Lipinski definition) is 2. The van der Waals surface area contributed by atoms with Crippen LogP contribution in [0.4, 0.5) is 0 Å². The summed E-state index contributed by atoms with van der Waals surface area (Å²) < 4.78 is 11.0. The molecule has 0 aromatic heterocycles. The van der Waals surface area contributed by atoms with E-state index in [4.69, 9.17) is 26.2 Å². The van der Waals surface area contributed by atoms with Gasteiger partial charge in [0.2, 0.25) is 0 Å². The summed E-state index contributed by atoms with van der Waals surface area (Å²) in [5, 5.41) is 12.7. The summed E-state index contributed by atoms with van der Waals surface area (Å²) in [7, 11) is 1.61. The normalized spacial score (nSPS) is 10.1. The van der Waals surface area contributed by atoms with Crippen molar-refractivity contribution in [2.45, 2.75) is 32.7 Å². The number of halogens is 2. The highest BCUT2D eigenvalue weighted by Gasteiger charge is 2.12. The molecule has 0 aliphatic heterocycles. The number of hydrogen-bond acceptors (Lipinski definition) is 4. The number of benzene rings is 1. The molecule has 0 fully saturated rings. The molecule has 0 unspecified atom stereocenters. The molecule has 0 saturated heterocycles. The minimum Gasteiger partial charge on any atom is -0.493 e. The zero-order valence-corrected chi connectivity index (χ0v) is 14.2. The summed E-state index contributed by atoms with van der Waals surface area (Å²) >= 11 is 6.09. The van der Waals surface area contributed by atoms with E-state index in [1.807, 2.05) is 13.0 Å². The van der Waals surface area contributed by atoms with Crippen molar-refractivity contribution >= 4 is 24.0 Å². The van der Waals surface area contributed by atoms with E-state index in [1.54, 1.807) is 13.2 Å². The van der Waals surface area contributed by atoms with Crippen molar-refractivity contribution in [2.24, 2.45) is 0 Å². The standard InChI is InChI=1S/C15H24ClNO3.ClH/c1-3-20-15-12(9-13(16)10-14(15)19-2)11-17-7-5-4-6-8-18;/h9-10,17-18H,3-8,11H2,1-2H3;1H. The van der Waals surface area contributed by atoms with E-state index in [-0.39, 0.29) is 19.0 Å². The lowest BCUT2D eigenvalue weighted by atomic mass is 10.1. The minimum atomic E-state index is 0. The number of aliphatic hydroxyl groups is 1. The van der Waals surface area contributed by atoms with Crippen LogP contribution < -0.4 is 14.8 Å². The van der Waals surface area contributed by atoms with E-state index in [2.05, 4.69) is 5.32 Å². The van der Waals surface area contributed by atoms with Gasteiger partial charge in [-0.25, -0.2) is 0 Å². The minimum absolute atomic E-state index is 0. The van der Waals surface area contributed by atoms with Crippen molar-refractivity contribution in [3.05, 3.63) is 22.7 Å². The van der Waals surface area contributed by atoms with Crippen LogP contribution in [0.25, 0.3) is 0 Å². The molecular weight excluding hydrogens is 313 g/mol. The van der Waals surface area contributed by atoms with Crippen LogP contribution in [-0.4, -0.2) is 32.0 Å². The summed E-state index contributed by atoms with van der Waals surface area (Å²) in [6.45, 7) is 4.38. The van der Waals surface area contributed by atoms with Crippen LogP contribution in [0.2, 0.25) is 5.02 Å². The summed E-state index contributed by atoms with van der Waals surface area (Å²) in [5.74, 6) is 1.42. The summed E-state index contributed by atoms with van der Waals surface area (Å²) in [6.07, 6.45) is 2.93. The smallest absolute Gasteiger partial charge is 0.165 e. The summed E-state index contributed by atoms with van der Waals surface area (Å²) in [4.78, 5) is 0. The number of rotatable bonds is 10. The van der Waals surface area contributed by atoms with E-state index in [0.29, 0.717) is 23.9 Å². The number of nitrogens with one attached hydrogen (secondary N) is 1. The second-order valence-corrected chi connectivity index (χ2v) is 4.93. The maximum Gasteiger partial charge on any atom is 0.165 e. The van der Waals surface area contributed by atoms with Crippen LogP contribution in [0.1, 0.15) is 31.7 Å². The van der Waals surface area contributed by atoms with Gasteiger partial charge in [0, 0.05) is 29.8 Å². The Labute approximate surface area is 138 Å². The molecule has 0 aliphatic carbocycles. The Morgan fingerprint density at radius 3 is 2.62 bits per heavy atom. The Balaban J connectivity index is 0.00000400. The third-order valence-corrected chi connectivity index (χ3v) is 3.15. The fourth-order valence-corrected chi connectivity index (χ4v) is 2.21. The van der Waals surface area contributed by atoms with Gasteiger partial charge in [-0.1, -0.05) is 11.6 Å². The van der Waals surface area contributed by atoms with Crippen LogP contribution in [0, 0.1) is 0 Å².